The van der Waals surface area contributed by atoms with Gasteiger partial charge in [0.1, 0.15) is 52.5 Å². The summed E-state index contributed by atoms with van der Waals surface area (Å²) in [6, 6.07) is 22.5. The van der Waals surface area contributed by atoms with Gasteiger partial charge in [-0.3, -0.25) is 34.6 Å². The second-order valence-corrected chi connectivity index (χ2v) is 38.6. The van der Waals surface area contributed by atoms with Gasteiger partial charge in [-0.25, -0.2) is 44.3 Å². The zero-order valence-corrected chi connectivity index (χ0v) is 77.5. The van der Waals surface area contributed by atoms with E-state index in [0.29, 0.717) is 61.1 Å². The van der Waals surface area contributed by atoms with Gasteiger partial charge in [0.25, 0.3) is 0 Å². The SMILES string of the molecule is CC1CCC(n2c3cnccc3c3cnc(Nc4cc5c(cn4)CCN(CCO)C5)nc32)CC1.CC1CCC(n2c3cnccc3c3cnc(Nc4cc5c(cn4)CCNC5)nc32)CC1.CC1CCC(n2c3cnccc3c3cnc(Nc4ccc5c(n4)CCN(CCF)C5)nc32)CC1.COCCN1CCc2nc(Nc3ncc4c5ccncc5n(C5CCC(C)CC5)c4n3)ccc2C1. The van der Waals surface area contributed by atoms with Crippen LogP contribution in [0.1, 0.15) is 199 Å². The summed E-state index contributed by atoms with van der Waals surface area (Å²) in [6.07, 6.45) is 50.0. The number of aliphatic hydroxyl groups excluding tert-OH is 1. The van der Waals surface area contributed by atoms with Crippen LogP contribution in [0.15, 0.2) is 147 Å². The van der Waals surface area contributed by atoms with Crippen molar-refractivity contribution in [1.82, 2.24) is 118 Å². The summed E-state index contributed by atoms with van der Waals surface area (Å²) >= 11 is 0. The van der Waals surface area contributed by atoms with Crippen molar-refractivity contribution < 1.29 is 14.2 Å². The van der Waals surface area contributed by atoms with Gasteiger partial charge in [0, 0.05) is 226 Å². The lowest BCUT2D eigenvalue weighted by molar-refractivity contribution is 0.140. The van der Waals surface area contributed by atoms with E-state index >= 15 is 0 Å². The zero-order chi connectivity index (χ0) is 90.7. The predicted molar refractivity (Wildman–Crippen MR) is 525 cm³/mol. The number of β-amino-alcohol motifs (C(OH)–C–C–N with tert-alkyl or cyclic N) is 1. The molecule has 8 aliphatic rings. The third kappa shape index (κ3) is 18.7. The van der Waals surface area contributed by atoms with Crippen LogP contribution in [0.5, 0.6) is 0 Å². The number of ether oxygens (including phenoxy) is 1. The Morgan fingerprint density at radius 2 is 0.709 bits per heavy atom. The number of anilines is 8. The molecule has 30 nitrogen and oxygen atoms in total. The van der Waals surface area contributed by atoms with E-state index in [1.165, 1.54) is 134 Å². The molecule has 4 saturated carbocycles. The van der Waals surface area contributed by atoms with Crippen LogP contribution in [-0.2, 0) is 56.6 Å². The molecule has 0 amide bonds. The molecule has 692 valence electrons. The van der Waals surface area contributed by atoms with Crippen LogP contribution in [0.4, 0.5) is 51.5 Å². The summed E-state index contributed by atoms with van der Waals surface area (Å²) in [5, 5.41) is 35.1. The molecule has 6 N–H and O–H groups in total. The maximum atomic E-state index is 12.7. The molecule has 0 unspecified atom stereocenters. The van der Waals surface area contributed by atoms with E-state index in [9.17, 15) is 9.50 Å². The lowest BCUT2D eigenvalue weighted by Crippen LogP contribution is -2.33. The predicted octanol–water partition coefficient (Wildman–Crippen LogP) is 18.8. The molecule has 4 fully saturated rings. The highest BCUT2D eigenvalue weighted by Crippen LogP contribution is 2.45. The fourth-order valence-electron chi connectivity index (χ4n) is 22.0. The average molecular weight is 1800 g/mol. The molecule has 0 saturated heterocycles. The molecule has 0 bridgehead atoms. The van der Waals surface area contributed by atoms with Crippen molar-refractivity contribution >= 4 is 135 Å². The Kier molecular flexibility index (Phi) is 26.1. The van der Waals surface area contributed by atoms with Gasteiger partial charge in [-0.1, -0.05) is 39.8 Å². The third-order valence-corrected chi connectivity index (χ3v) is 29.6. The number of hydrogen-bond donors (Lipinski definition) is 6. The van der Waals surface area contributed by atoms with E-state index in [2.05, 4.69) is 186 Å². The lowest BCUT2D eigenvalue weighted by atomic mass is 9.87. The first kappa shape index (κ1) is 88.2. The highest BCUT2D eigenvalue weighted by atomic mass is 19.1. The first-order chi connectivity index (χ1) is 65.8. The van der Waals surface area contributed by atoms with Gasteiger partial charge in [-0.15, -0.1) is 0 Å². The number of fused-ring (bicyclic) bond motifs is 16. The van der Waals surface area contributed by atoms with Crippen LogP contribution in [0.3, 0.4) is 0 Å². The number of methoxy groups -OCH3 is 1. The van der Waals surface area contributed by atoms with Gasteiger partial charge in [0.2, 0.25) is 23.8 Å². The topological polar surface area (TPSA) is 325 Å². The molecule has 24 rings (SSSR count). The van der Waals surface area contributed by atoms with Crippen LogP contribution in [-0.4, -0.2) is 191 Å². The third-order valence-electron chi connectivity index (χ3n) is 29.6. The first-order valence-electron chi connectivity index (χ1n) is 48.8. The van der Waals surface area contributed by atoms with Gasteiger partial charge >= 0.3 is 0 Å². The summed E-state index contributed by atoms with van der Waals surface area (Å²) in [7, 11) is 1.75. The van der Waals surface area contributed by atoms with Crippen LogP contribution in [0, 0.1) is 23.7 Å². The van der Waals surface area contributed by atoms with E-state index in [0.717, 1.165) is 239 Å². The molecule has 4 aliphatic heterocycles. The minimum absolute atomic E-state index is 0.183. The quantitative estimate of drug-likeness (QED) is 0.0438. The molecular weight excluding hydrogens is 1680 g/mol. The van der Waals surface area contributed by atoms with E-state index in [1.54, 1.807) is 7.11 Å². The van der Waals surface area contributed by atoms with E-state index in [1.807, 2.05) is 98.9 Å². The minimum atomic E-state index is -0.311. The van der Waals surface area contributed by atoms with Crippen molar-refractivity contribution in [2.45, 2.75) is 206 Å². The molecule has 134 heavy (non-hydrogen) atoms. The van der Waals surface area contributed by atoms with Gasteiger partial charge in [0.15, 0.2) is 0 Å². The molecule has 16 aromatic heterocycles. The fraction of sp³-hybridized carbons (Fsp3) is 0.456. The van der Waals surface area contributed by atoms with Crippen molar-refractivity contribution in [2.75, 3.05) is 94.1 Å². The summed E-state index contributed by atoms with van der Waals surface area (Å²) in [4.78, 5) is 81.9. The number of aromatic nitrogens is 20. The molecular formula is C103H121FN28O2. The maximum Gasteiger partial charge on any atom is 0.230 e. The van der Waals surface area contributed by atoms with Gasteiger partial charge in [-0.2, -0.15) is 19.9 Å². The first-order valence-corrected chi connectivity index (χ1v) is 48.8. The lowest BCUT2D eigenvalue weighted by Gasteiger charge is -2.28. The van der Waals surface area contributed by atoms with Crippen molar-refractivity contribution in [1.29, 1.82) is 0 Å². The summed E-state index contributed by atoms with van der Waals surface area (Å²) < 4.78 is 27.5. The molecule has 0 spiro atoms. The Bertz CT molecular complexity index is 6880. The molecule has 16 aromatic rings. The van der Waals surface area contributed by atoms with E-state index < -0.39 is 0 Å². The van der Waals surface area contributed by atoms with Crippen LogP contribution >= 0.6 is 0 Å². The van der Waals surface area contributed by atoms with E-state index in [4.69, 9.17) is 34.6 Å². The molecule has 4 aliphatic carbocycles. The summed E-state index contributed by atoms with van der Waals surface area (Å²) in [5.41, 5.74) is 18.3. The normalized spacial score (nSPS) is 21.1. The standard InChI is InChI=1S/C27H33N7O.C26H30FN7.C26H31N7O.C24H27N7/c1-18-3-6-20(7-4-18)34-24-16-28-11-9-21(24)22-15-29-27(32-26(22)34)31-25-8-5-19-17-33(13-14-35-2)12-10-23(19)30-25;1-17-2-5-19(6-3-17)34-23-15-28-11-8-20(23)21-14-29-26(32-25(21)34)31-24-7-4-18-16-33(13-10-27)12-9-22(18)30-24;1-17-2-4-20(5-3-17)33-23-15-27-8-6-21(23)22-14-29-26(31-25(22)33)30-24-12-19-16-32(10-11-34)9-7-18(19)13-28-24;1-15-2-4-18(5-3-15)31-21-14-26-9-7-19(21)20-13-28-24(30-23(20)31)29-22-10-17-11-25-8-6-16(17)12-27-22/h5,8-9,11,15-16,18,20H,3-4,6-7,10,12-14,17H2,1-2H3,(H,29,30,31,32);4,7-8,11,14-15,17,19H,2-3,5-6,9-10,12-13,16H2,1H3,(H,29,30,31,32);6,8,12-15,17,20,34H,2-5,7,9-11,16H2,1H3,(H,28,29,30,31);7,9-10,12-15,18,25H,2-6,8,11H2,1H3,(H,27,28,29,30). The number of rotatable bonds is 19. The van der Waals surface area contributed by atoms with Gasteiger partial charge in [0.05, 0.1) is 60.1 Å². The number of hydrogen-bond acceptors (Lipinski definition) is 26. The van der Waals surface area contributed by atoms with Crippen molar-refractivity contribution in [2.24, 2.45) is 23.7 Å². The smallest absolute Gasteiger partial charge is 0.230 e. The number of pyridine rings is 8. The van der Waals surface area contributed by atoms with Crippen molar-refractivity contribution in [3.05, 3.63) is 192 Å². The van der Waals surface area contributed by atoms with Crippen LogP contribution in [0.2, 0.25) is 0 Å². The second kappa shape index (κ2) is 39.7. The Balaban J connectivity index is 0.000000107. The monoisotopic (exact) mass is 1800 g/mol. The second-order valence-electron chi connectivity index (χ2n) is 38.6. The van der Waals surface area contributed by atoms with Crippen LogP contribution in [0.25, 0.3) is 87.7 Å². The molecule has 20 heterocycles. The van der Waals surface area contributed by atoms with Gasteiger partial charge in [-0.05, 0) is 228 Å². The number of alkyl halides is 1. The molecule has 31 heteroatoms. The average Bonchev–Trinajstić information content (AvgIpc) is 1.61. The highest BCUT2D eigenvalue weighted by Gasteiger charge is 2.32. The maximum absolute atomic E-state index is 12.7. The van der Waals surface area contributed by atoms with Crippen molar-refractivity contribution in [3.8, 4) is 0 Å². The Morgan fingerprint density at radius 3 is 1.09 bits per heavy atom. The number of aliphatic hydroxyl groups is 1. The molecule has 0 aromatic carbocycles. The summed E-state index contributed by atoms with van der Waals surface area (Å²) in [5.74, 6) is 8.54. The molecule has 0 atom stereocenters. The number of nitrogens with one attached hydrogen (secondary N) is 5. The highest BCUT2D eigenvalue weighted by molar-refractivity contribution is 6.09. The van der Waals surface area contributed by atoms with E-state index in [-0.39, 0.29) is 13.3 Å². The Morgan fingerprint density at radius 1 is 0.358 bits per heavy atom. The number of nitrogens with zero attached hydrogens (tertiary/aromatic N) is 23. The number of halogens is 1. The Labute approximate surface area is 779 Å². The molecule has 0 radical (unpaired) electrons. The zero-order valence-electron chi connectivity index (χ0n) is 77.5. The Hall–Kier alpha value is -12.4. The van der Waals surface area contributed by atoms with Crippen molar-refractivity contribution in [3.63, 3.8) is 0 Å². The minimum Gasteiger partial charge on any atom is -0.395 e. The largest absolute Gasteiger partial charge is 0.395 e. The van der Waals surface area contributed by atoms with Gasteiger partial charge < -0.3 is 54.7 Å². The fourth-order valence-corrected chi connectivity index (χ4v) is 22.0. The van der Waals surface area contributed by atoms with Crippen LogP contribution < -0.4 is 26.6 Å². The summed E-state index contributed by atoms with van der Waals surface area (Å²) in [6.45, 7) is 19.4.